The van der Waals surface area contributed by atoms with Crippen LogP contribution in [0.5, 0.6) is 0 Å². The fraction of sp³-hybridized carbons (Fsp3) is 0.786. The van der Waals surface area contributed by atoms with E-state index in [0.29, 0.717) is 13.0 Å². The van der Waals surface area contributed by atoms with Crippen molar-refractivity contribution in [1.82, 2.24) is 0 Å². The van der Waals surface area contributed by atoms with Gasteiger partial charge in [0.1, 0.15) is 6.10 Å². The molecule has 0 aromatic heterocycles. The molecule has 0 spiro atoms. The van der Waals surface area contributed by atoms with Crippen molar-refractivity contribution in [2.75, 3.05) is 19.8 Å². The van der Waals surface area contributed by atoms with E-state index in [0.717, 1.165) is 44.9 Å². The number of aliphatic hydroxyl groups is 1. The Morgan fingerprint density at radius 3 is 1.41 bits per heavy atom. The van der Waals surface area contributed by atoms with E-state index in [2.05, 4.69) is 62.5 Å². The standard InChI is InChI=1S/C42H76O4/c1-3-5-7-9-11-13-15-17-19-20-21-22-23-24-26-28-30-32-34-36-38-45-40-41(39-43)46-42(44)37-35-33-31-29-27-25-18-16-14-12-10-8-6-4-2/h10-13,16-19,41,43H,3-9,14-15,20-40H2,1-2H3/b12-10-,13-11-,18-16-,19-17-. The fourth-order valence-electron chi connectivity index (χ4n) is 5.37. The molecule has 0 rings (SSSR count). The molecule has 4 heteroatoms. The Labute approximate surface area is 286 Å². The first-order chi connectivity index (χ1) is 22.7. The van der Waals surface area contributed by atoms with Crippen LogP contribution in [-0.4, -0.2) is 37.0 Å². The van der Waals surface area contributed by atoms with Crippen molar-refractivity contribution in [3.63, 3.8) is 0 Å². The van der Waals surface area contributed by atoms with Gasteiger partial charge in [-0.1, -0.05) is 159 Å². The third-order valence-corrected chi connectivity index (χ3v) is 8.38. The Kier molecular flexibility index (Phi) is 38.1. The highest BCUT2D eigenvalue weighted by Crippen LogP contribution is 2.13. The van der Waals surface area contributed by atoms with Gasteiger partial charge in [0.05, 0.1) is 13.2 Å². The number of carbonyl (C=O) groups excluding carboxylic acids is 1. The summed E-state index contributed by atoms with van der Waals surface area (Å²) in [4.78, 5) is 12.1. The van der Waals surface area contributed by atoms with Crippen molar-refractivity contribution >= 4 is 5.97 Å². The Hall–Kier alpha value is -1.65. The number of allylic oxidation sites excluding steroid dienone is 8. The monoisotopic (exact) mass is 645 g/mol. The van der Waals surface area contributed by atoms with E-state index in [1.54, 1.807) is 0 Å². The van der Waals surface area contributed by atoms with Crippen LogP contribution in [0, 0.1) is 0 Å². The number of carbonyl (C=O) groups is 1. The largest absolute Gasteiger partial charge is 0.457 e. The number of aliphatic hydroxyl groups excluding tert-OH is 1. The molecule has 0 radical (unpaired) electrons. The van der Waals surface area contributed by atoms with Crippen LogP contribution in [0.4, 0.5) is 0 Å². The Bertz CT molecular complexity index is 723. The third-order valence-electron chi connectivity index (χ3n) is 8.38. The van der Waals surface area contributed by atoms with Crippen LogP contribution in [0.3, 0.4) is 0 Å². The number of hydrogen-bond acceptors (Lipinski definition) is 4. The van der Waals surface area contributed by atoms with Crippen LogP contribution >= 0.6 is 0 Å². The Balaban J connectivity index is 3.45. The van der Waals surface area contributed by atoms with Gasteiger partial charge in [-0.3, -0.25) is 4.79 Å². The minimum absolute atomic E-state index is 0.179. The minimum Gasteiger partial charge on any atom is -0.457 e. The highest BCUT2D eigenvalue weighted by atomic mass is 16.6. The molecule has 0 aromatic carbocycles. The molecule has 0 amide bonds. The van der Waals surface area contributed by atoms with E-state index in [-0.39, 0.29) is 19.2 Å². The zero-order valence-corrected chi connectivity index (χ0v) is 30.6. The topological polar surface area (TPSA) is 55.8 Å². The van der Waals surface area contributed by atoms with Gasteiger partial charge in [0.15, 0.2) is 0 Å². The summed E-state index contributed by atoms with van der Waals surface area (Å²) in [5, 5.41) is 9.57. The molecule has 0 aliphatic carbocycles. The summed E-state index contributed by atoms with van der Waals surface area (Å²) in [6, 6.07) is 0. The second-order valence-corrected chi connectivity index (χ2v) is 13.0. The summed E-state index contributed by atoms with van der Waals surface area (Å²) in [6.45, 7) is 5.26. The average molecular weight is 645 g/mol. The molecular formula is C42H76O4. The molecule has 1 unspecified atom stereocenters. The molecule has 0 heterocycles. The van der Waals surface area contributed by atoms with Crippen LogP contribution in [0.2, 0.25) is 0 Å². The fourth-order valence-corrected chi connectivity index (χ4v) is 5.37. The molecule has 4 nitrogen and oxygen atoms in total. The van der Waals surface area contributed by atoms with Crippen molar-refractivity contribution < 1.29 is 19.4 Å². The van der Waals surface area contributed by atoms with E-state index >= 15 is 0 Å². The van der Waals surface area contributed by atoms with E-state index in [1.807, 2.05) is 0 Å². The summed E-state index contributed by atoms with van der Waals surface area (Å²) in [5.74, 6) is -0.217. The van der Waals surface area contributed by atoms with E-state index in [9.17, 15) is 9.90 Å². The summed E-state index contributed by atoms with van der Waals surface area (Å²) < 4.78 is 11.1. The van der Waals surface area contributed by atoms with E-state index < -0.39 is 6.10 Å². The van der Waals surface area contributed by atoms with Crippen molar-refractivity contribution in [2.24, 2.45) is 0 Å². The van der Waals surface area contributed by atoms with E-state index in [4.69, 9.17) is 9.47 Å². The van der Waals surface area contributed by atoms with Crippen molar-refractivity contribution in [1.29, 1.82) is 0 Å². The number of esters is 1. The van der Waals surface area contributed by atoms with Crippen molar-refractivity contribution in [3.05, 3.63) is 48.6 Å². The van der Waals surface area contributed by atoms with Gasteiger partial charge in [0, 0.05) is 13.0 Å². The summed E-state index contributed by atoms with van der Waals surface area (Å²) >= 11 is 0. The van der Waals surface area contributed by atoms with Crippen molar-refractivity contribution in [3.8, 4) is 0 Å². The quantitative estimate of drug-likeness (QED) is 0.0419. The molecule has 0 aromatic rings. The predicted octanol–water partition coefficient (Wildman–Crippen LogP) is 12.7. The van der Waals surface area contributed by atoms with Crippen LogP contribution in [0.25, 0.3) is 0 Å². The predicted molar refractivity (Wildman–Crippen MR) is 200 cm³/mol. The van der Waals surface area contributed by atoms with Gasteiger partial charge >= 0.3 is 5.97 Å². The van der Waals surface area contributed by atoms with Crippen LogP contribution in [0.15, 0.2) is 48.6 Å². The van der Waals surface area contributed by atoms with E-state index in [1.165, 1.54) is 122 Å². The zero-order valence-electron chi connectivity index (χ0n) is 30.6. The van der Waals surface area contributed by atoms with Crippen LogP contribution in [0.1, 0.15) is 187 Å². The molecule has 0 saturated heterocycles. The van der Waals surface area contributed by atoms with Gasteiger partial charge in [0.25, 0.3) is 0 Å². The van der Waals surface area contributed by atoms with Crippen LogP contribution < -0.4 is 0 Å². The van der Waals surface area contributed by atoms with Gasteiger partial charge in [-0.15, -0.1) is 0 Å². The second kappa shape index (κ2) is 39.5. The SMILES string of the molecule is CCCC/C=C\C/C=C\CCCCCCCC(=O)OC(CO)COCCCCCCCCCCCC/C=C\C/C=C\CCCCC. The van der Waals surface area contributed by atoms with Crippen LogP contribution in [-0.2, 0) is 14.3 Å². The average Bonchev–Trinajstić information content (AvgIpc) is 3.06. The van der Waals surface area contributed by atoms with Gasteiger partial charge in [0.2, 0.25) is 0 Å². The first kappa shape index (κ1) is 44.4. The van der Waals surface area contributed by atoms with Gasteiger partial charge in [-0.2, -0.15) is 0 Å². The summed E-state index contributed by atoms with van der Waals surface area (Å²) in [6.07, 6.45) is 50.1. The molecule has 0 fully saturated rings. The molecule has 1 N–H and O–H groups in total. The highest BCUT2D eigenvalue weighted by Gasteiger charge is 2.13. The molecule has 0 aliphatic rings. The highest BCUT2D eigenvalue weighted by molar-refractivity contribution is 5.69. The maximum absolute atomic E-state index is 12.1. The van der Waals surface area contributed by atoms with Gasteiger partial charge < -0.3 is 14.6 Å². The summed E-state index contributed by atoms with van der Waals surface area (Å²) in [5.41, 5.74) is 0. The molecule has 268 valence electrons. The first-order valence-electron chi connectivity index (χ1n) is 19.7. The normalized spacial score (nSPS) is 12.8. The molecule has 0 bridgehead atoms. The van der Waals surface area contributed by atoms with Gasteiger partial charge in [-0.05, 0) is 70.6 Å². The Morgan fingerprint density at radius 2 is 0.935 bits per heavy atom. The second-order valence-electron chi connectivity index (χ2n) is 13.0. The molecule has 46 heavy (non-hydrogen) atoms. The Morgan fingerprint density at radius 1 is 0.522 bits per heavy atom. The van der Waals surface area contributed by atoms with Gasteiger partial charge in [-0.25, -0.2) is 0 Å². The first-order valence-corrected chi connectivity index (χ1v) is 19.7. The maximum atomic E-state index is 12.1. The summed E-state index contributed by atoms with van der Waals surface area (Å²) in [7, 11) is 0. The molecule has 0 saturated carbocycles. The molecule has 1 atom stereocenters. The molecule has 0 aliphatic heterocycles. The molecular weight excluding hydrogens is 568 g/mol. The zero-order chi connectivity index (χ0) is 33.4. The lowest BCUT2D eigenvalue weighted by Gasteiger charge is -2.15. The lowest BCUT2D eigenvalue weighted by atomic mass is 10.1. The number of rotatable bonds is 36. The smallest absolute Gasteiger partial charge is 0.306 e. The number of ether oxygens (including phenoxy) is 2. The lowest BCUT2D eigenvalue weighted by molar-refractivity contribution is -0.154. The number of hydrogen-bond donors (Lipinski definition) is 1. The lowest BCUT2D eigenvalue weighted by Crippen LogP contribution is -2.27. The van der Waals surface area contributed by atoms with Crippen molar-refractivity contribution in [2.45, 2.75) is 193 Å². The minimum atomic E-state index is -0.543. The number of unbranched alkanes of at least 4 members (excludes halogenated alkanes) is 20. The maximum Gasteiger partial charge on any atom is 0.306 e. The third kappa shape index (κ3) is 36.8.